The number of nitrogens with one attached hydrogen (secondary N) is 1. The Morgan fingerprint density at radius 1 is 1.23 bits per heavy atom. The summed E-state index contributed by atoms with van der Waals surface area (Å²) in [5.74, 6) is -0.798. The van der Waals surface area contributed by atoms with Crippen molar-refractivity contribution in [2.75, 3.05) is 5.32 Å². The van der Waals surface area contributed by atoms with Gasteiger partial charge < -0.3 is 10.4 Å². The van der Waals surface area contributed by atoms with Crippen LogP contribution in [0.5, 0.6) is 0 Å². The van der Waals surface area contributed by atoms with Crippen LogP contribution >= 0.6 is 0 Å². The van der Waals surface area contributed by atoms with Crippen molar-refractivity contribution < 1.29 is 14.7 Å². The molecule has 0 fully saturated rings. The summed E-state index contributed by atoms with van der Waals surface area (Å²) >= 11 is 0. The molecule has 116 valence electrons. The fourth-order valence-electron chi connectivity index (χ4n) is 2.05. The maximum atomic E-state index is 12.2. The van der Waals surface area contributed by atoms with Crippen LogP contribution in [-0.2, 0) is 11.3 Å². The lowest BCUT2D eigenvalue weighted by Crippen LogP contribution is -2.19. The minimum absolute atomic E-state index is 0.0783. The molecule has 0 aliphatic carbocycles. The molecule has 0 aliphatic rings. The molecule has 1 aromatic heterocycles. The average Bonchev–Trinajstić information content (AvgIpc) is 2.94. The van der Waals surface area contributed by atoms with Crippen molar-refractivity contribution >= 4 is 17.6 Å². The van der Waals surface area contributed by atoms with Crippen LogP contribution in [0.2, 0.25) is 0 Å². The van der Waals surface area contributed by atoms with Gasteiger partial charge in [0.1, 0.15) is 5.69 Å². The standard InChI is InChI=1S/C16H19N3O3/c1-11(2)12-3-5-13(6-4-12)18-16(22)14-7-9-17-19(14)10-8-15(20)21/h3-7,9,11H,8,10H2,1-2H3,(H,18,22)(H,20,21). The van der Waals surface area contributed by atoms with E-state index >= 15 is 0 Å². The number of anilines is 1. The van der Waals surface area contributed by atoms with Gasteiger partial charge in [-0.2, -0.15) is 5.10 Å². The van der Waals surface area contributed by atoms with E-state index in [9.17, 15) is 9.59 Å². The number of carboxylic acid groups (broad SMARTS) is 1. The lowest BCUT2D eigenvalue weighted by Gasteiger charge is -2.09. The lowest BCUT2D eigenvalue weighted by atomic mass is 10.0. The van der Waals surface area contributed by atoms with Crippen molar-refractivity contribution in [3.63, 3.8) is 0 Å². The molecule has 2 rings (SSSR count). The topological polar surface area (TPSA) is 84.2 Å². The summed E-state index contributed by atoms with van der Waals surface area (Å²) in [6.45, 7) is 4.38. The summed E-state index contributed by atoms with van der Waals surface area (Å²) in [7, 11) is 0. The number of rotatable bonds is 6. The Balaban J connectivity index is 2.06. The molecule has 6 nitrogen and oxygen atoms in total. The second-order valence-electron chi connectivity index (χ2n) is 5.31. The minimum atomic E-state index is -0.925. The summed E-state index contributed by atoms with van der Waals surface area (Å²) in [6.07, 6.45) is 1.41. The van der Waals surface area contributed by atoms with Crippen LogP contribution in [0.4, 0.5) is 5.69 Å². The van der Waals surface area contributed by atoms with Gasteiger partial charge in [-0.15, -0.1) is 0 Å². The van der Waals surface area contributed by atoms with E-state index in [0.717, 1.165) is 0 Å². The smallest absolute Gasteiger partial charge is 0.305 e. The van der Waals surface area contributed by atoms with Crippen molar-refractivity contribution in [1.82, 2.24) is 9.78 Å². The number of nitrogens with zero attached hydrogens (tertiary/aromatic N) is 2. The van der Waals surface area contributed by atoms with Gasteiger partial charge in [-0.05, 0) is 29.7 Å². The van der Waals surface area contributed by atoms with E-state index in [1.54, 1.807) is 6.07 Å². The second kappa shape index (κ2) is 6.89. The van der Waals surface area contributed by atoms with Gasteiger partial charge in [0.05, 0.1) is 13.0 Å². The van der Waals surface area contributed by atoms with Crippen LogP contribution in [0.1, 0.15) is 42.2 Å². The zero-order valence-corrected chi connectivity index (χ0v) is 12.6. The van der Waals surface area contributed by atoms with Crippen molar-refractivity contribution in [3.05, 3.63) is 47.8 Å². The van der Waals surface area contributed by atoms with E-state index in [4.69, 9.17) is 5.11 Å². The average molecular weight is 301 g/mol. The van der Waals surface area contributed by atoms with Crippen LogP contribution in [0.25, 0.3) is 0 Å². The Kier molecular flexibility index (Phi) is 4.93. The molecule has 0 saturated carbocycles. The van der Waals surface area contributed by atoms with Gasteiger partial charge in [0, 0.05) is 11.9 Å². The van der Waals surface area contributed by atoms with Crippen LogP contribution in [-0.4, -0.2) is 26.8 Å². The Bertz CT molecular complexity index is 660. The number of benzene rings is 1. The normalized spacial score (nSPS) is 10.7. The predicted octanol–water partition coefficient (Wildman–Crippen LogP) is 2.73. The van der Waals surface area contributed by atoms with Crippen LogP contribution < -0.4 is 5.32 Å². The summed E-state index contributed by atoms with van der Waals surface area (Å²) < 4.78 is 1.39. The summed E-state index contributed by atoms with van der Waals surface area (Å²) in [5, 5.41) is 15.5. The first-order chi connectivity index (χ1) is 10.5. The SMILES string of the molecule is CC(C)c1ccc(NC(=O)c2ccnn2CCC(=O)O)cc1. The number of amides is 1. The zero-order chi connectivity index (χ0) is 16.1. The van der Waals surface area contributed by atoms with Crippen molar-refractivity contribution in [1.29, 1.82) is 0 Å². The van der Waals surface area contributed by atoms with Gasteiger partial charge in [0.15, 0.2) is 0 Å². The molecule has 0 spiro atoms. The van der Waals surface area contributed by atoms with Crippen molar-refractivity contribution in [2.24, 2.45) is 0 Å². The maximum absolute atomic E-state index is 12.2. The van der Waals surface area contributed by atoms with E-state index in [1.165, 1.54) is 16.4 Å². The number of hydrogen-bond acceptors (Lipinski definition) is 3. The third kappa shape index (κ3) is 3.94. The zero-order valence-electron chi connectivity index (χ0n) is 12.6. The highest BCUT2D eigenvalue weighted by molar-refractivity contribution is 6.03. The third-order valence-electron chi connectivity index (χ3n) is 3.32. The van der Waals surface area contributed by atoms with Crippen molar-refractivity contribution in [3.8, 4) is 0 Å². The van der Waals surface area contributed by atoms with E-state index in [-0.39, 0.29) is 18.9 Å². The molecule has 6 heteroatoms. The van der Waals surface area contributed by atoms with Gasteiger partial charge in [-0.3, -0.25) is 14.3 Å². The fraction of sp³-hybridized carbons (Fsp3) is 0.312. The molecular weight excluding hydrogens is 282 g/mol. The summed E-state index contributed by atoms with van der Waals surface area (Å²) in [6, 6.07) is 9.22. The quantitative estimate of drug-likeness (QED) is 0.859. The van der Waals surface area contributed by atoms with E-state index < -0.39 is 5.97 Å². The molecule has 0 atom stereocenters. The molecule has 1 amide bonds. The number of carboxylic acids is 1. The number of aromatic nitrogens is 2. The second-order valence-corrected chi connectivity index (χ2v) is 5.31. The Hall–Kier alpha value is -2.63. The lowest BCUT2D eigenvalue weighted by molar-refractivity contribution is -0.137. The molecule has 2 N–H and O–H groups in total. The van der Waals surface area contributed by atoms with Crippen LogP contribution in [0, 0.1) is 0 Å². The summed E-state index contributed by atoms with van der Waals surface area (Å²) in [5.41, 5.74) is 2.24. The fourth-order valence-corrected chi connectivity index (χ4v) is 2.05. The highest BCUT2D eigenvalue weighted by Gasteiger charge is 2.13. The summed E-state index contributed by atoms with van der Waals surface area (Å²) in [4.78, 5) is 22.9. The predicted molar refractivity (Wildman–Crippen MR) is 83.0 cm³/mol. The largest absolute Gasteiger partial charge is 0.481 e. The minimum Gasteiger partial charge on any atom is -0.481 e. The van der Waals surface area contributed by atoms with E-state index in [2.05, 4.69) is 24.3 Å². The van der Waals surface area contributed by atoms with E-state index in [1.807, 2.05) is 24.3 Å². The molecule has 0 unspecified atom stereocenters. The Morgan fingerprint density at radius 3 is 2.50 bits per heavy atom. The molecule has 1 heterocycles. The maximum Gasteiger partial charge on any atom is 0.305 e. The molecule has 22 heavy (non-hydrogen) atoms. The monoisotopic (exact) mass is 301 g/mol. The Morgan fingerprint density at radius 2 is 1.91 bits per heavy atom. The first kappa shape index (κ1) is 15.8. The molecule has 1 aromatic carbocycles. The highest BCUT2D eigenvalue weighted by atomic mass is 16.4. The van der Waals surface area contributed by atoms with Gasteiger partial charge in [-0.25, -0.2) is 0 Å². The Labute approximate surface area is 128 Å². The first-order valence-electron chi connectivity index (χ1n) is 7.12. The highest BCUT2D eigenvalue weighted by Crippen LogP contribution is 2.17. The molecule has 0 bridgehead atoms. The molecular formula is C16H19N3O3. The van der Waals surface area contributed by atoms with Crippen molar-refractivity contribution in [2.45, 2.75) is 32.7 Å². The molecule has 0 radical (unpaired) electrons. The van der Waals surface area contributed by atoms with Gasteiger partial charge in [0.25, 0.3) is 5.91 Å². The molecule has 0 aliphatic heterocycles. The number of carbonyl (C=O) groups excluding carboxylic acids is 1. The van der Waals surface area contributed by atoms with Crippen LogP contribution in [0.3, 0.4) is 0 Å². The van der Waals surface area contributed by atoms with Gasteiger partial charge >= 0.3 is 5.97 Å². The molecule has 0 saturated heterocycles. The molecule has 2 aromatic rings. The third-order valence-corrected chi connectivity index (χ3v) is 3.32. The number of aryl methyl sites for hydroxylation is 1. The van der Waals surface area contributed by atoms with Gasteiger partial charge in [-0.1, -0.05) is 26.0 Å². The number of hydrogen-bond donors (Lipinski definition) is 2. The first-order valence-corrected chi connectivity index (χ1v) is 7.12. The number of carbonyl (C=O) groups is 2. The van der Waals surface area contributed by atoms with Crippen LogP contribution in [0.15, 0.2) is 36.5 Å². The number of aliphatic carboxylic acids is 1. The van der Waals surface area contributed by atoms with Gasteiger partial charge in [0.2, 0.25) is 0 Å². The van der Waals surface area contributed by atoms with E-state index in [0.29, 0.717) is 17.3 Å².